The number of piperidine rings is 1. The minimum atomic E-state index is -0.680. The molecule has 2 heterocycles. The van der Waals surface area contributed by atoms with Gasteiger partial charge in [-0.2, -0.15) is 0 Å². The summed E-state index contributed by atoms with van der Waals surface area (Å²) in [6.07, 6.45) is 6.11. The second-order valence-electron chi connectivity index (χ2n) is 11.7. The van der Waals surface area contributed by atoms with Crippen LogP contribution in [0.2, 0.25) is 0 Å². The molecule has 3 aromatic rings. The summed E-state index contributed by atoms with van der Waals surface area (Å²) >= 11 is 0. The maximum Gasteiger partial charge on any atom is 0.329 e. The Hall–Kier alpha value is -3.80. The first-order chi connectivity index (χ1) is 21.7. The third kappa shape index (κ3) is 10.1. The summed E-state index contributed by atoms with van der Waals surface area (Å²) in [4.78, 5) is 47.7. The fourth-order valence-electron chi connectivity index (χ4n) is 5.56. The number of nitrogens with two attached hydrogens (primary N) is 1. The first-order valence-electron chi connectivity index (χ1n) is 15.9. The average Bonchev–Trinajstić information content (AvgIpc) is 3.26. The van der Waals surface area contributed by atoms with Crippen molar-refractivity contribution in [2.75, 3.05) is 26.4 Å². The molecule has 11 nitrogen and oxygen atoms in total. The minimum absolute atomic E-state index is 0.0897. The Morgan fingerprint density at radius 3 is 2.22 bits per heavy atom. The molecular formula is C34H46N4O7. The van der Waals surface area contributed by atoms with Crippen LogP contribution in [0.25, 0.3) is 11.0 Å². The number of nitrogens with zero attached hydrogens (tertiary/aromatic N) is 2. The van der Waals surface area contributed by atoms with E-state index in [2.05, 4.69) is 29.6 Å². The molecule has 45 heavy (non-hydrogen) atoms. The zero-order valence-electron chi connectivity index (χ0n) is 26.4. The van der Waals surface area contributed by atoms with Gasteiger partial charge < -0.3 is 19.9 Å². The Bertz CT molecular complexity index is 1490. The van der Waals surface area contributed by atoms with Crippen molar-refractivity contribution >= 4 is 28.8 Å². The van der Waals surface area contributed by atoms with Crippen LogP contribution in [0.15, 0.2) is 47.3 Å². The number of carbonyl (C=O) groups excluding carboxylic acids is 3. The fourth-order valence-corrected chi connectivity index (χ4v) is 5.56. The summed E-state index contributed by atoms with van der Waals surface area (Å²) in [5.41, 5.74) is 9.85. The zero-order chi connectivity index (χ0) is 32.2. The van der Waals surface area contributed by atoms with E-state index in [0.717, 1.165) is 55.2 Å². The molecule has 1 aliphatic heterocycles. The molecule has 1 aromatic heterocycles. The van der Waals surface area contributed by atoms with Crippen LogP contribution in [0.3, 0.4) is 0 Å². The molecule has 0 radical (unpaired) electrons. The number of imidazole rings is 1. The number of amides is 3. The molecule has 244 valence electrons. The Balaban J connectivity index is 1.07. The summed E-state index contributed by atoms with van der Waals surface area (Å²) in [6, 6.07) is 13.6. The van der Waals surface area contributed by atoms with Crippen LogP contribution in [0.4, 0.5) is 0 Å². The first kappa shape index (κ1) is 34.1. The monoisotopic (exact) mass is 622 g/mol. The van der Waals surface area contributed by atoms with E-state index in [0.29, 0.717) is 51.4 Å². The highest BCUT2D eigenvalue weighted by atomic mass is 16.5. The Kier molecular flexibility index (Phi) is 12.9. The number of ether oxygens (including phenoxy) is 3. The number of imide groups is 1. The van der Waals surface area contributed by atoms with Gasteiger partial charge in [0.1, 0.15) is 6.04 Å². The molecular weight excluding hydrogens is 576 g/mol. The summed E-state index contributed by atoms with van der Waals surface area (Å²) in [7, 11) is 1.70. The molecule has 3 amide bonds. The van der Waals surface area contributed by atoms with Gasteiger partial charge in [-0.15, -0.1) is 0 Å². The van der Waals surface area contributed by atoms with Crippen LogP contribution < -0.4 is 16.7 Å². The molecule has 1 saturated heterocycles. The van der Waals surface area contributed by atoms with Crippen molar-refractivity contribution < 1.29 is 28.6 Å². The number of rotatable bonds is 19. The molecule has 1 aliphatic rings. The van der Waals surface area contributed by atoms with Crippen LogP contribution >= 0.6 is 0 Å². The number of benzene rings is 2. The Morgan fingerprint density at radius 2 is 1.56 bits per heavy atom. The highest BCUT2D eigenvalue weighted by Crippen LogP contribution is 2.24. The van der Waals surface area contributed by atoms with Gasteiger partial charge in [0.05, 0.1) is 37.0 Å². The standard InChI is InChI=1S/C34H46N4O7/c1-24(6-3-9-31(35)39)45-23-27-12-10-25(11-13-27)7-4-18-43-20-21-44-19-5-8-26-14-15-28-30(22-26)37(2)34(42)38(28)29-16-17-32(40)36-33(29)41/h10-15,22,24,29H,3-9,16-21,23H2,1-2H3,(H2,35,39)(H,36,40,41). The second-order valence-corrected chi connectivity index (χ2v) is 11.7. The lowest BCUT2D eigenvalue weighted by Crippen LogP contribution is -2.44. The first-order valence-corrected chi connectivity index (χ1v) is 15.9. The van der Waals surface area contributed by atoms with E-state index in [1.54, 1.807) is 11.6 Å². The number of aryl methyl sites for hydroxylation is 3. The fraction of sp³-hybridized carbons (Fsp3) is 0.529. The molecule has 11 heteroatoms. The number of primary amides is 1. The average molecular weight is 623 g/mol. The van der Waals surface area contributed by atoms with Crippen molar-refractivity contribution in [3.05, 3.63) is 69.6 Å². The molecule has 0 aliphatic carbocycles. The van der Waals surface area contributed by atoms with Gasteiger partial charge in [0.2, 0.25) is 17.7 Å². The van der Waals surface area contributed by atoms with Gasteiger partial charge in [0, 0.05) is 33.1 Å². The van der Waals surface area contributed by atoms with Gasteiger partial charge in [0.15, 0.2) is 0 Å². The highest BCUT2D eigenvalue weighted by molar-refractivity contribution is 6.00. The van der Waals surface area contributed by atoms with Gasteiger partial charge in [-0.1, -0.05) is 30.3 Å². The largest absolute Gasteiger partial charge is 0.379 e. The molecule has 2 unspecified atom stereocenters. The molecule has 3 N–H and O–H groups in total. The predicted octanol–water partition coefficient (Wildman–Crippen LogP) is 3.48. The number of fused-ring (bicyclic) bond motifs is 1. The van der Waals surface area contributed by atoms with Crippen molar-refractivity contribution in [3.8, 4) is 0 Å². The van der Waals surface area contributed by atoms with E-state index in [-0.39, 0.29) is 30.0 Å². The molecule has 4 rings (SSSR count). The quantitative estimate of drug-likeness (QED) is 0.154. The predicted molar refractivity (Wildman–Crippen MR) is 171 cm³/mol. The third-order valence-corrected chi connectivity index (χ3v) is 8.15. The molecule has 0 spiro atoms. The van der Waals surface area contributed by atoms with Crippen molar-refractivity contribution in [2.45, 2.75) is 83.5 Å². The van der Waals surface area contributed by atoms with E-state index in [1.165, 1.54) is 10.1 Å². The normalized spacial score (nSPS) is 15.8. The molecule has 1 fully saturated rings. The van der Waals surface area contributed by atoms with Gasteiger partial charge in [-0.25, -0.2) is 4.79 Å². The van der Waals surface area contributed by atoms with Crippen LogP contribution in [0.1, 0.15) is 74.6 Å². The smallest absolute Gasteiger partial charge is 0.329 e. The lowest BCUT2D eigenvalue weighted by Gasteiger charge is -2.21. The maximum absolute atomic E-state index is 12.9. The van der Waals surface area contributed by atoms with Crippen LogP contribution in [-0.4, -0.2) is 59.4 Å². The summed E-state index contributed by atoms with van der Waals surface area (Å²) in [5, 5.41) is 2.34. The van der Waals surface area contributed by atoms with E-state index in [4.69, 9.17) is 19.9 Å². The van der Waals surface area contributed by atoms with Gasteiger partial charge in [0.25, 0.3) is 0 Å². The van der Waals surface area contributed by atoms with Gasteiger partial charge >= 0.3 is 5.69 Å². The van der Waals surface area contributed by atoms with E-state index in [1.807, 2.05) is 25.1 Å². The summed E-state index contributed by atoms with van der Waals surface area (Å²) in [5.74, 6) is -1.00. The van der Waals surface area contributed by atoms with Gasteiger partial charge in [-0.3, -0.25) is 28.8 Å². The van der Waals surface area contributed by atoms with E-state index >= 15 is 0 Å². The van der Waals surface area contributed by atoms with Crippen LogP contribution in [-0.2, 0) is 55.1 Å². The number of aromatic nitrogens is 2. The number of hydrogen-bond acceptors (Lipinski definition) is 7. The van der Waals surface area contributed by atoms with Crippen molar-refractivity contribution in [1.82, 2.24) is 14.5 Å². The SMILES string of the molecule is CC(CCCC(N)=O)OCc1ccc(CCCOCCOCCCc2ccc3c(c2)n(C)c(=O)n3C2CCC(=O)NC2=O)cc1. The van der Waals surface area contributed by atoms with E-state index in [9.17, 15) is 19.2 Å². The van der Waals surface area contributed by atoms with Crippen molar-refractivity contribution in [1.29, 1.82) is 0 Å². The number of carbonyl (C=O) groups is 3. The Labute approximate surface area is 264 Å². The maximum atomic E-state index is 12.9. The topological polar surface area (TPSA) is 144 Å². The second kappa shape index (κ2) is 17.0. The summed E-state index contributed by atoms with van der Waals surface area (Å²) < 4.78 is 20.4. The molecule has 2 atom stereocenters. The van der Waals surface area contributed by atoms with Gasteiger partial charge in [-0.05, 0) is 80.7 Å². The van der Waals surface area contributed by atoms with Crippen molar-refractivity contribution in [3.63, 3.8) is 0 Å². The van der Waals surface area contributed by atoms with E-state index < -0.39 is 11.9 Å². The van der Waals surface area contributed by atoms with Crippen molar-refractivity contribution in [2.24, 2.45) is 12.8 Å². The highest BCUT2D eigenvalue weighted by Gasteiger charge is 2.31. The number of nitrogens with one attached hydrogen (secondary N) is 1. The number of hydrogen-bond donors (Lipinski definition) is 2. The van der Waals surface area contributed by atoms with Crippen LogP contribution in [0, 0.1) is 0 Å². The lowest BCUT2D eigenvalue weighted by atomic mass is 10.1. The third-order valence-electron chi connectivity index (χ3n) is 8.15. The van der Waals surface area contributed by atoms with Crippen LogP contribution in [0.5, 0.6) is 0 Å². The zero-order valence-corrected chi connectivity index (χ0v) is 26.4. The minimum Gasteiger partial charge on any atom is -0.379 e. The lowest BCUT2D eigenvalue weighted by molar-refractivity contribution is -0.135. The molecule has 0 saturated carbocycles. The Morgan fingerprint density at radius 1 is 0.911 bits per heavy atom. The summed E-state index contributed by atoms with van der Waals surface area (Å²) in [6.45, 7) is 4.95. The molecule has 0 bridgehead atoms. The molecule has 2 aromatic carbocycles.